The van der Waals surface area contributed by atoms with Gasteiger partial charge >= 0.3 is 5.97 Å². The minimum absolute atomic E-state index is 0.0251. The molecule has 2 aromatic rings. The van der Waals surface area contributed by atoms with Crippen molar-refractivity contribution in [2.45, 2.75) is 26.3 Å². The van der Waals surface area contributed by atoms with Crippen molar-refractivity contribution in [3.63, 3.8) is 0 Å². The summed E-state index contributed by atoms with van der Waals surface area (Å²) in [6.07, 6.45) is 0.429. The Morgan fingerprint density at radius 3 is 2.54 bits per heavy atom. The Hall–Kier alpha value is -2.41. The number of amides is 1. The zero-order valence-electron chi connectivity index (χ0n) is 16.1. The molecule has 28 heavy (non-hydrogen) atoms. The predicted octanol–water partition coefficient (Wildman–Crippen LogP) is 2.67. The fourth-order valence-corrected chi connectivity index (χ4v) is 5.29. The van der Waals surface area contributed by atoms with E-state index in [1.165, 1.54) is 0 Å². The summed E-state index contributed by atoms with van der Waals surface area (Å²) in [5.74, 6) is -0.669. The standard InChI is InChI=1S/C21H25NO5S/c1-15(2)12-22(17-10-11-28(25,26)14-17)20(23)13-27-21(24)19-9-5-7-16-6-3-4-8-18(16)19/h3-9,15,17H,10-14H2,1-2H3/t17-/m0/s1. The van der Waals surface area contributed by atoms with Crippen LogP contribution in [0.4, 0.5) is 0 Å². The third-order valence-electron chi connectivity index (χ3n) is 4.87. The van der Waals surface area contributed by atoms with E-state index in [2.05, 4.69) is 0 Å². The number of rotatable bonds is 6. The lowest BCUT2D eigenvalue weighted by Gasteiger charge is -2.29. The van der Waals surface area contributed by atoms with Crippen molar-refractivity contribution < 1.29 is 22.7 Å². The molecule has 1 heterocycles. The smallest absolute Gasteiger partial charge is 0.339 e. The van der Waals surface area contributed by atoms with E-state index in [0.717, 1.165) is 10.8 Å². The van der Waals surface area contributed by atoms with Gasteiger partial charge < -0.3 is 9.64 Å². The number of esters is 1. The van der Waals surface area contributed by atoms with Gasteiger partial charge in [-0.2, -0.15) is 0 Å². The molecule has 0 aromatic heterocycles. The lowest BCUT2D eigenvalue weighted by molar-refractivity contribution is -0.137. The van der Waals surface area contributed by atoms with Gasteiger partial charge in [0.15, 0.2) is 16.4 Å². The minimum atomic E-state index is -3.11. The topological polar surface area (TPSA) is 80.8 Å². The largest absolute Gasteiger partial charge is 0.452 e. The van der Waals surface area contributed by atoms with Crippen LogP contribution >= 0.6 is 0 Å². The Morgan fingerprint density at radius 2 is 1.86 bits per heavy atom. The van der Waals surface area contributed by atoms with Gasteiger partial charge in [-0.3, -0.25) is 4.79 Å². The van der Waals surface area contributed by atoms with Crippen LogP contribution in [0.3, 0.4) is 0 Å². The van der Waals surface area contributed by atoms with Crippen LogP contribution in [0.25, 0.3) is 10.8 Å². The first-order chi connectivity index (χ1) is 13.3. The molecule has 1 fully saturated rings. The van der Waals surface area contributed by atoms with Crippen LogP contribution in [0.15, 0.2) is 42.5 Å². The van der Waals surface area contributed by atoms with Crippen molar-refractivity contribution >= 4 is 32.5 Å². The number of ether oxygens (including phenoxy) is 1. The molecule has 0 unspecified atom stereocenters. The highest BCUT2D eigenvalue weighted by atomic mass is 32.2. The fraction of sp³-hybridized carbons (Fsp3) is 0.429. The van der Waals surface area contributed by atoms with Crippen LogP contribution in [0.2, 0.25) is 0 Å². The Labute approximate surface area is 165 Å². The number of fused-ring (bicyclic) bond motifs is 1. The Kier molecular flexibility index (Phi) is 6.03. The van der Waals surface area contributed by atoms with Gasteiger partial charge in [-0.05, 0) is 29.2 Å². The van der Waals surface area contributed by atoms with Crippen LogP contribution in [-0.2, 0) is 19.4 Å². The van der Waals surface area contributed by atoms with Crippen LogP contribution in [0, 0.1) is 5.92 Å². The van der Waals surface area contributed by atoms with Gasteiger partial charge in [-0.25, -0.2) is 13.2 Å². The molecule has 6 nitrogen and oxygen atoms in total. The second-order valence-corrected chi connectivity index (χ2v) is 9.83. The predicted molar refractivity (Wildman–Crippen MR) is 108 cm³/mol. The van der Waals surface area contributed by atoms with Crippen molar-refractivity contribution in [1.29, 1.82) is 0 Å². The van der Waals surface area contributed by atoms with E-state index in [9.17, 15) is 18.0 Å². The normalized spacial score (nSPS) is 18.3. The van der Waals surface area contributed by atoms with Gasteiger partial charge in [0.1, 0.15) is 0 Å². The lowest BCUT2D eigenvalue weighted by atomic mass is 10.1. The Morgan fingerprint density at radius 1 is 1.14 bits per heavy atom. The highest BCUT2D eigenvalue weighted by molar-refractivity contribution is 7.91. The molecule has 0 spiro atoms. The molecule has 0 bridgehead atoms. The summed E-state index contributed by atoms with van der Waals surface area (Å²) in [5, 5.41) is 1.68. The van der Waals surface area contributed by atoms with E-state index in [-0.39, 0.29) is 29.4 Å². The molecular weight excluding hydrogens is 378 g/mol. The number of sulfone groups is 1. The molecule has 0 N–H and O–H groups in total. The minimum Gasteiger partial charge on any atom is -0.452 e. The summed E-state index contributed by atoms with van der Waals surface area (Å²) in [7, 11) is -3.11. The van der Waals surface area contributed by atoms with Gasteiger partial charge in [0.2, 0.25) is 0 Å². The third kappa shape index (κ3) is 4.70. The van der Waals surface area contributed by atoms with Gasteiger partial charge in [-0.1, -0.05) is 50.2 Å². The SMILES string of the molecule is CC(C)CN(C(=O)COC(=O)c1cccc2ccccc12)[C@H]1CCS(=O)(=O)C1. The Bertz CT molecular complexity index is 978. The van der Waals surface area contributed by atoms with E-state index in [1.807, 2.05) is 44.2 Å². The summed E-state index contributed by atoms with van der Waals surface area (Å²) in [4.78, 5) is 26.8. The van der Waals surface area contributed by atoms with Crippen molar-refractivity contribution in [3.05, 3.63) is 48.0 Å². The van der Waals surface area contributed by atoms with Gasteiger partial charge in [0.25, 0.3) is 5.91 Å². The first-order valence-corrected chi connectivity index (χ1v) is 11.2. The van der Waals surface area contributed by atoms with Crippen molar-refractivity contribution in [3.8, 4) is 0 Å². The highest BCUT2D eigenvalue weighted by Crippen LogP contribution is 2.21. The van der Waals surface area contributed by atoms with Gasteiger partial charge in [0, 0.05) is 12.6 Å². The van der Waals surface area contributed by atoms with E-state index < -0.39 is 22.4 Å². The van der Waals surface area contributed by atoms with Crippen molar-refractivity contribution in [1.82, 2.24) is 4.90 Å². The number of nitrogens with zero attached hydrogens (tertiary/aromatic N) is 1. The number of benzene rings is 2. The molecule has 1 aliphatic heterocycles. The highest BCUT2D eigenvalue weighted by Gasteiger charge is 2.35. The van der Waals surface area contributed by atoms with Crippen molar-refractivity contribution in [2.24, 2.45) is 5.92 Å². The third-order valence-corrected chi connectivity index (χ3v) is 6.62. The molecule has 0 radical (unpaired) electrons. The molecule has 150 valence electrons. The molecule has 0 saturated carbocycles. The molecule has 1 amide bonds. The molecule has 1 saturated heterocycles. The molecule has 7 heteroatoms. The number of carbonyl (C=O) groups excluding carboxylic acids is 2. The molecular formula is C21H25NO5S. The number of carbonyl (C=O) groups is 2. The summed E-state index contributed by atoms with van der Waals surface area (Å²) < 4.78 is 28.9. The van der Waals surface area contributed by atoms with Crippen LogP contribution in [-0.4, -0.2) is 55.9 Å². The maximum Gasteiger partial charge on any atom is 0.339 e. The molecule has 3 rings (SSSR count). The molecule has 1 atom stereocenters. The quantitative estimate of drug-likeness (QED) is 0.693. The van der Waals surface area contributed by atoms with Crippen LogP contribution in [0.1, 0.15) is 30.6 Å². The number of hydrogen-bond donors (Lipinski definition) is 0. The van der Waals surface area contributed by atoms with Crippen molar-refractivity contribution in [2.75, 3.05) is 24.7 Å². The lowest BCUT2D eigenvalue weighted by Crippen LogP contribution is -2.45. The second-order valence-electron chi connectivity index (χ2n) is 7.60. The van der Waals surface area contributed by atoms with E-state index >= 15 is 0 Å². The summed E-state index contributed by atoms with van der Waals surface area (Å²) in [5.41, 5.74) is 0.407. The summed E-state index contributed by atoms with van der Waals surface area (Å²) >= 11 is 0. The second kappa shape index (κ2) is 8.31. The van der Waals surface area contributed by atoms with Gasteiger partial charge in [-0.15, -0.1) is 0 Å². The monoisotopic (exact) mass is 403 g/mol. The van der Waals surface area contributed by atoms with Crippen LogP contribution < -0.4 is 0 Å². The summed E-state index contributed by atoms with van der Waals surface area (Å²) in [6.45, 7) is 3.97. The zero-order valence-corrected chi connectivity index (χ0v) is 16.9. The average molecular weight is 404 g/mol. The fourth-order valence-electron chi connectivity index (χ4n) is 3.56. The van der Waals surface area contributed by atoms with E-state index in [1.54, 1.807) is 17.0 Å². The zero-order chi connectivity index (χ0) is 20.3. The summed E-state index contributed by atoms with van der Waals surface area (Å²) in [6, 6.07) is 12.5. The molecule has 1 aliphatic rings. The maximum atomic E-state index is 12.7. The van der Waals surface area contributed by atoms with Crippen LogP contribution in [0.5, 0.6) is 0 Å². The first kappa shape index (κ1) is 20.3. The van der Waals surface area contributed by atoms with E-state index in [0.29, 0.717) is 18.5 Å². The van der Waals surface area contributed by atoms with Gasteiger partial charge in [0.05, 0.1) is 17.1 Å². The maximum absolute atomic E-state index is 12.7. The number of hydrogen-bond acceptors (Lipinski definition) is 5. The molecule has 2 aromatic carbocycles. The average Bonchev–Trinajstić information content (AvgIpc) is 3.02. The molecule has 0 aliphatic carbocycles. The van der Waals surface area contributed by atoms with E-state index in [4.69, 9.17) is 4.74 Å². The Balaban J connectivity index is 1.70. The first-order valence-electron chi connectivity index (χ1n) is 9.41.